The first-order valence-corrected chi connectivity index (χ1v) is 5.88. The first-order valence-electron chi connectivity index (χ1n) is 5.88. The van der Waals surface area contributed by atoms with Crippen LogP contribution in [-0.2, 0) is 4.74 Å². The molecule has 0 aromatic heterocycles. The lowest BCUT2D eigenvalue weighted by Gasteiger charge is -2.16. The zero-order valence-electron chi connectivity index (χ0n) is 10.2. The van der Waals surface area contributed by atoms with Crippen LogP contribution in [0.3, 0.4) is 0 Å². The van der Waals surface area contributed by atoms with Crippen LogP contribution in [0.25, 0.3) is 0 Å². The molecule has 0 aliphatic rings. The lowest BCUT2D eigenvalue weighted by atomic mass is 10.2. The highest BCUT2D eigenvalue weighted by atomic mass is 16.5. The van der Waals surface area contributed by atoms with Crippen molar-refractivity contribution in [1.82, 2.24) is 5.32 Å². The molecule has 0 fully saturated rings. The molecule has 2 N–H and O–H groups in total. The SMILES string of the molecule is CCC(COC)NCCNc1ccccc1. The summed E-state index contributed by atoms with van der Waals surface area (Å²) in [5.74, 6) is 0. The second-order valence-corrected chi connectivity index (χ2v) is 3.81. The van der Waals surface area contributed by atoms with Crippen LogP contribution in [-0.4, -0.2) is 32.8 Å². The molecule has 0 heterocycles. The molecule has 0 spiro atoms. The molecule has 0 aliphatic carbocycles. The van der Waals surface area contributed by atoms with Crippen LogP contribution in [0.2, 0.25) is 0 Å². The number of anilines is 1. The Morgan fingerprint density at radius 2 is 1.94 bits per heavy atom. The van der Waals surface area contributed by atoms with Gasteiger partial charge in [0.25, 0.3) is 0 Å². The van der Waals surface area contributed by atoms with Crippen LogP contribution in [0.1, 0.15) is 13.3 Å². The summed E-state index contributed by atoms with van der Waals surface area (Å²) in [5, 5.41) is 6.82. The lowest BCUT2D eigenvalue weighted by Crippen LogP contribution is -2.35. The Kier molecular flexibility index (Phi) is 6.61. The summed E-state index contributed by atoms with van der Waals surface area (Å²) in [6, 6.07) is 10.7. The van der Waals surface area contributed by atoms with Gasteiger partial charge in [0.15, 0.2) is 0 Å². The second kappa shape index (κ2) is 8.13. The Hall–Kier alpha value is -1.06. The van der Waals surface area contributed by atoms with E-state index in [9.17, 15) is 0 Å². The van der Waals surface area contributed by atoms with Crippen LogP contribution < -0.4 is 10.6 Å². The van der Waals surface area contributed by atoms with Gasteiger partial charge in [0, 0.05) is 31.9 Å². The van der Waals surface area contributed by atoms with E-state index in [0.29, 0.717) is 6.04 Å². The monoisotopic (exact) mass is 222 g/mol. The van der Waals surface area contributed by atoms with Gasteiger partial charge in [-0.25, -0.2) is 0 Å². The topological polar surface area (TPSA) is 33.3 Å². The van der Waals surface area contributed by atoms with Crippen molar-refractivity contribution in [3.8, 4) is 0 Å². The smallest absolute Gasteiger partial charge is 0.0615 e. The van der Waals surface area contributed by atoms with E-state index < -0.39 is 0 Å². The van der Waals surface area contributed by atoms with Crippen LogP contribution >= 0.6 is 0 Å². The number of benzene rings is 1. The van der Waals surface area contributed by atoms with Crippen molar-refractivity contribution in [2.45, 2.75) is 19.4 Å². The predicted octanol–water partition coefficient (Wildman–Crippen LogP) is 2.11. The quantitative estimate of drug-likeness (QED) is 0.661. The van der Waals surface area contributed by atoms with Crippen molar-refractivity contribution < 1.29 is 4.74 Å². The van der Waals surface area contributed by atoms with Gasteiger partial charge in [-0.2, -0.15) is 0 Å². The van der Waals surface area contributed by atoms with E-state index in [2.05, 4.69) is 29.7 Å². The fraction of sp³-hybridized carbons (Fsp3) is 0.538. The zero-order chi connectivity index (χ0) is 11.6. The summed E-state index contributed by atoms with van der Waals surface area (Å²) >= 11 is 0. The van der Waals surface area contributed by atoms with Gasteiger partial charge in [-0.15, -0.1) is 0 Å². The molecule has 0 bridgehead atoms. The average molecular weight is 222 g/mol. The Balaban J connectivity index is 2.11. The predicted molar refractivity (Wildman–Crippen MR) is 68.9 cm³/mol. The number of ether oxygens (including phenoxy) is 1. The molecular formula is C13H22N2O. The minimum atomic E-state index is 0.461. The zero-order valence-corrected chi connectivity index (χ0v) is 10.2. The summed E-state index contributed by atoms with van der Waals surface area (Å²) < 4.78 is 5.13. The molecule has 0 amide bonds. The molecule has 1 aromatic carbocycles. The molecule has 1 aromatic rings. The van der Waals surface area contributed by atoms with Gasteiger partial charge in [0.1, 0.15) is 0 Å². The van der Waals surface area contributed by atoms with Crippen molar-refractivity contribution >= 4 is 5.69 Å². The second-order valence-electron chi connectivity index (χ2n) is 3.81. The lowest BCUT2D eigenvalue weighted by molar-refractivity contribution is 0.165. The maximum absolute atomic E-state index is 5.13. The Morgan fingerprint density at radius 1 is 1.19 bits per heavy atom. The molecule has 1 unspecified atom stereocenters. The highest BCUT2D eigenvalue weighted by Crippen LogP contribution is 2.03. The van der Waals surface area contributed by atoms with Gasteiger partial charge in [0.05, 0.1) is 6.61 Å². The van der Waals surface area contributed by atoms with Crippen LogP contribution in [0.5, 0.6) is 0 Å². The maximum Gasteiger partial charge on any atom is 0.0615 e. The molecule has 0 saturated heterocycles. The van der Waals surface area contributed by atoms with Crippen LogP contribution in [0, 0.1) is 0 Å². The Labute approximate surface area is 98.2 Å². The van der Waals surface area contributed by atoms with E-state index in [0.717, 1.165) is 26.1 Å². The third kappa shape index (κ3) is 5.14. The number of hydrogen-bond acceptors (Lipinski definition) is 3. The minimum Gasteiger partial charge on any atom is -0.384 e. The van der Waals surface area contributed by atoms with E-state index in [4.69, 9.17) is 4.74 Å². The molecule has 1 rings (SSSR count). The largest absolute Gasteiger partial charge is 0.384 e. The molecular weight excluding hydrogens is 200 g/mol. The van der Waals surface area contributed by atoms with Crippen molar-refractivity contribution in [3.63, 3.8) is 0 Å². The summed E-state index contributed by atoms with van der Waals surface area (Å²) in [6.07, 6.45) is 1.10. The van der Waals surface area contributed by atoms with E-state index in [-0.39, 0.29) is 0 Å². The number of para-hydroxylation sites is 1. The summed E-state index contributed by atoms with van der Waals surface area (Å²) in [5.41, 5.74) is 1.17. The molecule has 3 nitrogen and oxygen atoms in total. The van der Waals surface area contributed by atoms with Crippen LogP contribution in [0.15, 0.2) is 30.3 Å². The summed E-state index contributed by atoms with van der Waals surface area (Å²) in [7, 11) is 1.74. The van der Waals surface area contributed by atoms with E-state index in [1.807, 2.05) is 18.2 Å². The number of nitrogens with one attached hydrogen (secondary N) is 2. The van der Waals surface area contributed by atoms with Gasteiger partial charge in [0.2, 0.25) is 0 Å². The molecule has 0 radical (unpaired) electrons. The normalized spacial score (nSPS) is 12.4. The molecule has 0 saturated carbocycles. The van der Waals surface area contributed by atoms with Crippen molar-refractivity contribution in [1.29, 1.82) is 0 Å². The van der Waals surface area contributed by atoms with E-state index in [1.54, 1.807) is 7.11 Å². The fourth-order valence-corrected chi connectivity index (χ4v) is 1.56. The highest BCUT2D eigenvalue weighted by Gasteiger charge is 2.02. The Morgan fingerprint density at radius 3 is 2.56 bits per heavy atom. The molecule has 90 valence electrons. The van der Waals surface area contributed by atoms with Crippen molar-refractivity contribution in [2.75, 3.05) is 32.1 Å². The van der Waals surface area contributed by atoms with Gasteiger partial charge in [-0.3, -0.25) is 0 Å². The van der Waals surface area contributed by atoms with Gasteiger partial charge in [-0.05, 0) is 18.6 Å². The van der Waals surface area contributed by atoms with Crippen molar-refractivity contribution in [3.05, 3.63) is 30.3 Å². The van der Waals surface area contributed by atoms with Gasteiger partial charge >= 0.3 is 0 Å². The first kappa shape index (κ1) is 13.0. The third-order valence-corrected chi connectivity index (χ3v) is 2.52. The maximum atomic E-state index is 5.13. The van der Waals surface area contributed by atoms with Gasteiger partial charge in [-0.1, -0.05) is 25.1 Å². The highest BCUT2D eigenvalue weighted by molar-refractivity contribution is 5.42. The van der Waals surface area contributed by atoms with Gasteiger partial charge < -0.3 is 15.4 Å². The molecule has 1 atom stereocenters. The number of methoxy groups -OCH3 is 1. The first-order chi connectivity index (χ1) is 7.86. The standard InChI is InChI=1S/C13H22N2O/c1-3-12(11-16-2)14-9-10-15-13-7-5-4-6-8-13/h4-8,12,14-15H,3,9-11H2,1-2H3. The molecule has 3 heteroatoms. The molecule has 16 heavy (non-hydrogen) atoms. The number of hydrogen-bond donors (Lipinski definition) is 2. The summed E-state index contributed by atoms with van der Waals surface area (Å²) in [6.45, 7) is 4.84. The van der Waals surface area contributed by atoms with E-state index >= 15 is 0 Å². The summed E-state index contributed by atoms with van der Waals surface area (Å²) in [4.78, 5) is 0. The fourth-order valence-electron chi connectivity index (χ4n) is 1.56. The Bertz CT molecular complexity index is 264. The van der Waals surface area contributed by atoms with E-state index in [1.165, 1.54) is 5.69 Å². The van der Waals surface area contributed by atoms with Crippen LogP contribution in [0.4, 0.5) is 5.69 Å². The number of rotatable bonds is 8. The van der Waals surface area contributed by atoms with Crippen molar-refractivity contribution in [2.24, 2.45) is 0 Å². The minimum absolute atomic E-state index is 0.461. The molecule has 0 aliphatic heterocycles. The average Bonchev–Trinajstić information content (AvgIpc) is 2.34. The third-order valence-electron chi connectivity index (χ3n) is 2.52.